The largest absolute Gasteiger partial charge is 0.452 e. The van der Waals surface area contributed by atoms with Gasteiger partial charge in [-0.05, 0) is 37.6 Å². The molecule has 2 aromatic carbocycles. The van der Waals surface area contributed by atoms with E-state index in [2.05, 4.69) is 5.32 Å². The maximum atomic E-state index is 12.6. The Bertz CT molecular complexity index is 883. The molecular formula is C21H22N2O4S. The van der Waals surface area contributed by atoms with Crippen molar-refractivity contribution in [2.24, 2.45) is 0 Å². The van der Waals surface area contributed by atoms with E-state index >= 15 is 0 Å². The number of hydrogen-bond donors (Lipinski definition) is 1. The van der Waals surface area contributed by atoms with Crippen molar-refractivity contribution in [2.45, 2.75) is 31.3 Å². The second-order valence-corrected chi connectivity index (χ2v) is 7.74. The molecule has 146 valence electrons. The minimum atomic E-state index is -0.593. The first-order valence-corrected chi connectivity index (χ1v) is 10.00. The van der Waals surface area contributed by atoms with E-state index in [9.17, 15) is 14.4 Å². The molecule has 0 saturated carbocycles. The van der Waals surface area contributed by atoms with Crippen LogP contribution in [0.5, 0.6) is 0 Å². The predicted molar refractivity (Wildman–Crippen MR) is 108 cm³/mol. The molecule has 0 spiro atoms. The number of carbonyl (C=O) groups excluding carboxylic acids is 3. The summed E-state index contributed by atoms with van der Waals surface area (Å²) in [4.78, 5) is 39.0. The molecule has 6 nitrogen and oxygen atoms in total. The lowest BCUT2D eigenvalue weighted by Crippen LogP contribution is -2.39. The number of ether oxygens (including phenoxy) is 1. The van der Waals surface area contributed by atoms with Crippen molar-refractivity contribution in [3.63, 3.8) is 0 Å². The molecular weight excluding hydrogens is 376 g/mol. The molecule has 3 rings (SSSR count). The molecule has 0 fully saturated rings. The van der Waals surface area contributed by atoms with Crippen LogP contribution in [0.25, 0.3) is 0 Å². The van der Waals surface area contributed by atoms with Crippen LogP contribution >= 0.6 is 11.8 Å². The summed E-state index contributed by atoms with van der Waals surface area (Å²) in [5.74, 6) is -0.595. The van der Waals surface area contributed by atoms with Gasteiger partial charge in [0, 0.05) is 17.5 Å². The molecule has 1 aliphatic heterocycles. The van der Waals surface area contributed by atoms with Crippen molar-refractivity contribution in [2.75, 3.05) is 17.7 Å². The average molecular weight is 398 g/mol. The number of amides is 2. The third-order valence-corrected chi connectivity index (χ3v) is 5.39. The lowest BCUT2D eigenvalue weighted by Gasteiger charge is -2.26. The standard InChI is InChI=1S/C21H22N2O4S/c1-14(2)23(11-15-6-4-3-5-7-15)20(25)12-27-21(26)16-8-9-18-17(10-16)22-19(24)13-28-18/h3-10,14H,11-13H2,1-2H3,(H,22,24). The fourth-order valence-electron chi connectivity index (χ4n) is 2.84. The highest BCUT2D eigenvalue weighted by molar-refractivity contribution is 8.00. The van der Waals surface area contributed by atoms with Crippen LogP contribution in [0.15, 0.2) is 53.4 Å². The van der Waals surface area contributed by atoms with Crippen molar-refractivity contribution in [1.82, 2.24) is 4.90 Å². The third-order valence-electron chi connectivity index (χ3n) is 4.31. The monoisotopic (exact) mass is 398 g/mol. The molecule has 0 unspecified atom stereocenters. The third kappa shape index (κ3) is 4.92. The van der Waals surface area contributed by atoms with E-state index in [-0.39, 0.29) is 24.5 Å². The van der Waals surface area contributed by atoms with Gasteiger partial charge in [0.25, 0.3) is 5.91 Å². The van der Waals surface area contributed by atoms with Crippen molar-refractivity contribution < 1.29 is 19.1 Å². The molecule has 0 atom stereocenters. The second kappa shape index (κ2) is 8.93. The predicted octanol–water partition coefficient (Wildman–Crippen LogP) is 3.32. The number of nitrogens with zero attached hydrogens (tertiary/aromatic N) is 1. The zero-order chi connectivity index (χ0) is 20.1. The van der Waals surface area contributed by atoms with E-state index in [0.29, 0.717) is 23.5 Å². The van der Waals surface area contributed by atoms with Crippen LogP contribution in [-0.4, -0.2) is 41.1 Å². The number of benzene rings is 2. The fraction of sp³-hybridized carbons (Fsp3) is 0.286. The topological polar surface area (TPSA) is 75.7 Å². The fourth-order valence-corrected chi connectivity index (χ4v) is 3.63. The first kappa shape index (κ1) is 19.9. The highest BCUT2D eigenvalue weighted by Gasteiger charge is 2.21. The molecule has 0 radical (unpaired) electrons. The molecule has 28 heavy (non-hydrogen) atoms. The Morgan fingerprint density at radius 3 is 2.64 bits per heavy atom. The average Bonchev–Trinajstić information content (AvgIpc) is 2.70. The van der Waals surface area contributed by atoms with E-state index in [0.717, 1.165) is 10.5 Å². The molecule has 1 heterocycles. The number of hydrogen-bond acceptors (Lipinski definition) is 5. The number of nitrogens with one attached hydrogen (secondary N) is 1. The number of carbonyl (C=O) groups is 3. The highest BCUT2D eigenvalue weighted by Crippen LogP contribution is 2.32. The molecule has 7 heteroatoms. The zero-order valence-corrected chi connectivity index (χ0v) is 16.6. The molecule has 0 bridgehead atoms. The molecule has 1 N–H and O–H groups in total. The lowest BCUT2D eigenvalue weighted by molar-refractivity contribution is -0.137. The number of fused-ring (bicyclic) bond motifs is 1. The lowest BCUT2D eigenvalue weighted by atomic mass is 10.2. The molecule has 0 aliphatic carbocycles. The second-order valence-electron chi connectivity index (χ2n) is 6.72. The van der Waals surface area contributed by atoms with Gasteiger partial charge in [-0.15, -0.1) is 11.8 Å². The van der Waals surface area contributed by atoms with E-state index < -0.39 is 5.97 Å². The van der Waals surface area contributed by atoms with Crippen LogP contribution in [-0.2, 0) is 20.9 Å². The van der Waals surface area contributed by atoms with Crippen LogP contribution in [0.2, 0.25) is 0 Å². The molecule has 2 aromatic rings. The van der Waals surface area contributed by atoms with Gasteiger partial charge in [0.1, 0.15) is 0 Å². The highest BCUT2D eigenvalue weighted by atomic mass is 32.2. The summed E-state index contributed by atoms with van der Waals surface area (Å²) in [6, 6.07) is 14.6. The summed E-state index contributed by atoms with van der Waals surface area (Å²) in [6.07, 6.45) is 0. The van der Waals surface area contributed by atoms with Crippen LogP contribution in [0, 0.1) is 0 Å². The van der Waals surface area contributed by atoms with Crippen LogP contribution in [0.1, 0.15) is 29.8 Å². The van der Waals surface area contributed by atoms with Gasteiger partial charge in [-0.1, -0.05) is 30.3 Å². The Morgan fingerprint density at radius 2 is 1.93 bits per heavy atom. The SMILES string of the molecule is CC(C)N(Cc1ccccc1)C(=O)COC(=O)c1ccc2c(c1)NC(=O)CS2. The van der Waals surface area contributed by atoms with Gasteiger partial charge in [0.2, 0.25) is 5.91 Å². The Balaban J connectivity index is 1.62. The minimum absolute atomic E-state index is 0.0256. The Hall–Kier alpha value is -2.80. The number of esters is 1. The summed E-state index contributed by atoms with van der Waals surface area (Å²) in [6.45, 7) is 3.97. The van der Waals surface area contributed by atoms with Crippen LogP contribution < -0.4 is 5.32 Å². The molecule has 2 amide bonds. The van der Waals surface area contributed by atoms with Gasteiger partial charge >= 0.3 is 5.97 Å². The smallest absolute Gasteiger partial charge is 0.338 e. The summed E-state index contributed by atoms with van der Waals surface area (Å²) in [5, 5.41) is 2.74. The Kier molecular flexibility index (Phi) is 6.36. The van der Waals surface area contributed by atoms with Gasteiger partial charge in [-0.25, -0.2) is 4.79 Å². The van der Waals surface area contributed by atoms with Crippen LogP contribution in [0.3, 0.4) is 0 Å². The van der Waals surface area contributed by atoms with Crippen molar-refractivity contribution in [3.05, 3.63) is 59.7 Å². The van der Waals surface area contributed by atoms with Crippen molar-refractivity contribution >= 4 is 35.2 Å². The van der Waals surface area contributed by atoms with Gasteiger partial charge in [0.15, 0.2) is 6.61 Å². The molecule has 0 aromatic heterocycles. The minimum Gasteiger partial charge on any atom is -0.452 e. The van der Waals surface area contributed by atoms with Gasteiger partial charge in [0.05, 0.1) is 17.0 Å². The van der Waals surface area contributed by atoms with Gasteiger partial charge in [-0.3, -0.25) is 9.59 Å². The number of anilines is 1. The maximum absolute atomic E-state index is 12.6. The summed E-state index contributed by atoms with van der Waals surface area (Å²) in [5.41, 5.74) is 1.90. The Labute approximate surface area is 168 Å². The quantitative estimate of drug-likeness (QED) is 0.756. The van der Waals surface area contributed by atoms with Crippen molar-refractivity contribution in [3.8, 4) is 0 Å². The maximum Gasteiger partial charge on any atom is 0.338 e. The summed E-state index contributed by atoms with van der Waals surface area (Å²) >= 11 is 1.42. The van der Waals surface area contributed by atoms with Crippen LogP contribution in [0.4, 0.5) is 5.69 Å². The summed E-state index contributed by atoms with van der Waals surface area (Å²) in [7, 11) is 0. The number of thioether (sulfide) groups is 1. The molecule has 0 saturated heterocycles. The Morgan fingerprint density at radius 1 is 1.18 bits per heavy atom. The van der Waals surface area contributed by atoms with E-state index in [1.165, 1.54) is 11.8 Å². The van der Waals surface area contributed by atoms with Crippen molar-refractivity contribution in [1.29, 1.82) is 0 Å². The zero-order valence-electron chi connectivity index (χ0n) is 15.8. The van der Waals surface area contributed by atoms with E-state index in [1.807, 2.05) is 44.2 Å². The van der Waals surface area contributed by atoms with E-state index in [4.69, 9.17) is 4.74 Å². The van der Waals surface area contributed by atoms with Gasteiger partial charge in [-0.2, -0.15) is 0 Å². The van der Waals surface area contributed by atoms with Gasteiger partial charge < -0.3 is 15.0 Å². The summed E-state index contributed by atoms with van der Waals surface area (Å²) < 4.78 is 5.23. The molecule has 1 aliphatic rings. The van der Waals surface area contributed by atoms with E-state index in [1.54, 1.807) is 23.1 Å². The normalized spacial score (nSPS) is 12.9. The first-order chi connectivity index (χ1) is 13.4. The first-order valence-electron chi connectivity index (χ1n) is 9.01. The number of rotatable bonds is 6.